The maximum atomic E-state index is 12.5. The van der Waals surface area contributed by atoms with E-state index in [1.54, 1.807) is 0 Å². The van der Waals surface area contributed by atoms with Crippen molar-refractivity contribution >= 4 is 11.7 Å². The third-order valence-corrected chi connectivity index (χ3v) is 4.90. The summed E-state index contributed by atoms with van der Waals surface area (Å²) in [5.41, 5.74) is 0. The Kier molecular flexibility index (Phi) is 6.04. The van der Waals surface area contributed by atoms with Crippen molar-refractivity contribution in [2.75, 3.05) is 57.3 Å². The lowest BCUT2D eigenvalue weighted by atomic mass is 10.1. The molecule has 0 unspecified atom stereocenters. The molecule has 1 aromatic heterocycles. The predicted octanol–water partition coefficient (Wildman–Crippen LogP) is 1.23. The Morgan fingerprint density at radius 3 is 2.54 bits per heavy atom. The maximum Gasteiger partial charge on any atom is 0.236 e. The van der Waals surface area contributed by atoms with Crippen LogP contribution in [0.1, 0.15) is 19.8 Å². The molecule has 0 saturated carbocycles. The third-order valence-electron chi connectivity index (χ3n) is 4.90. The molecule has 24 heavy (non-hydrogen) atoms. The fourth-order valence-electron chi connectivity index (χ4n) is 3.47. The lowest BCUT2D eigenvalue weighted by molar-refractivity contribution is -0.135. The number of likely N-dealkylation sites (tertiary alicyclic amines) is 1. The number of piperidine rings is 1. The summed E-state index contributed by atoms with van der Waals surface area (Å²) in [5, 5.41) is 0. The summed E-state index contributed by atoms with van der Waals surface area (Å²) in [6.45, 7) is 8.67. The highest BCUT2D eigenvalue weighted by molar-refractivity contribution is 5.78. The molecule has 0 bridgehead atoms. The molecule has 6 nitrogen and oxygen atoms in total. The van der Waals surface area contributed by atoms with Crippen LogP contribution in [0.5, 0.6) is 0 Å². The van der Waals surface area contributed by atoms with E-state index in [2.05, 4.69) is 14.8 Å². The molecule has 1 amide bonds. The van der Waals surface area contributed by atoms with Gasteiger partial charge in [0.1, 0.15) is 5.82 Å². The van der Waals surface area contributed by atoms with E-state index in [-0.39, 0.29) is 5.91 Å². The minimum absolute atomic E-state index is 0.260. The van der Waals surface area contributed by atoms with E-state index in [1.165, 1.54) is 0 Å². The first kappa shape index (κ1) is 17.2. The molecule has 2 aliphatic heterocycles. The Balaban J connectivity index is 1.41. The van der Waals surface area contributed by atoms with Gasteiger partial charge in [-0.05, 0) is 31.9 Å². The minimum atomic E-state index is 0.260. The molecule has 6 heteroatoms. The Morgan fingerprint density at radius 2 is 1.92 bits per heavy atom. The monoisotopic (exact) mass is 332 g/mol. The lowest BCUT2D eigenvalue weighted by Crippen LogP contribution is -2.51. The largest absolute Gasteiger partial charge is 0.378 e. The van der Waals surface area contributed by atoms with E-state index in [9.17, 15) is 4.79 Å². The Bertz CT molecular complexity index is 509. The average molecular weight is 332 g/mol. The van der Waals surface area contributed by atoms with Crippen molar-refractivity contribution < 1.29 is 9.53 Å². The Labute approximate surface area is 144 Å². The van der Waals surface area contributed by atoms with Crippen molar-refractivity contribution in [3.63, 3.8) is 0 Å². The second kappa shape index (κ2) is 8.44. The molecule has 2 fully saturated rings. The number of piperazine rings is 1. The van der Waals surface area contributed by atoms with Gasteiger partial charge in [-0.15, -0.1) is 0 Å². The molecule has 2 saturated heterocycles. The number of carbonyl (C=O) groups is 1. The summed E-state index contributed by atoms with van der Waals surface area (Å²) in [5.74, 6) is 1.29. The molecule has 0 atom stereocenters. The van der Waals surface area contributed by atoms with Crippen molar-refractivity contribution in [1.82, 2.24) is 14.8 Å². The summed E-state index contributed by atoms with van der Waals surface area (Å²) in [7, 11) is 0. The van der Waals surface area contributed by atoms with Gasteiger partial charge in [-0.3, -0.25) is 9.69 Å². The number of anilines is 1. The smallest absolute Gasteiger partial charge is 0.236 e. The Morgan fingerprint density at radius 1 is 1.17 bits per heavy atom. The molecule has 0 radical (unpaired) electrons. The lowest BCUT2D eigenvalue weighted by Gasteiger charge is -2.37. The van der Waals surface area contributed by atoms with Crippen molar-refractivity contribution in [3.8, 4) is 0 Å². The van der Waals surface area contributed by atoms with Crippen LogP contribution in [0.4, 0.5) is 5.82 Å². The number of aromatic nitrogens is 1. The number of amides is 1. The van der Waals surface area contributed by atoms with Crippen molar-refractivity contribution in [2.24, 2.45) is 0 Å². The van der Waals surface area contributed by atoms with Gasteiger partial charge in [-0.2, -0.15) is 0 Å². The number of rotatable bonds is 5. The fraction of sp³-hybridized carbons (Fsp3) is 0.667. The van der Waals surface area contributed by atoms with Gasteiger partial charge in [-0.1, -0.05) is 6.07 Å². The number of hydrogen-bond donors (Lipinski definition) is 0. The Hall–Kier alpha value is -1.66. The van der Waals surface area contributed by atoms with Gasteiger partial charge in [0.2, 0.25) is 5.91 Å². The normalized spacial score (nSPS) is 20.4. The summed E-state index contributed by atoms with van der Waals surface area (Å²) >= 11 is 0. The van der Waals surface area contributed by atoms with Crippen molar-refractivity contribution in [3.05, 3.63) is 24.4 Å². The molecule has 0 aliphatic carbocycles. The van der Waals surface area contributed by atoms with Gasteiger partial charge in [0, 0.05) is 52.1 Å². The molecule has 2 aliphatic rings. The third kappa shape index (κ3) is 4.45. The van der Waals surface area contributed by atoms with Crippen molar-refractivity contribution in [2.45, 2.75) is 25.9 Å². The molecule has 132 valence electrons. The van der Waals surface area contributed by atoms with Crippen LogP contribution in [0.2, 0.25) is 0 Å². The highest BCUT2D eigenvalue weighted by Crippen LogP contribution is 2.15. The molecular formula is C18H28N4O2. The minimum Gasteiger partial charge on any atom is -0.378 e. The van der Waals surface area contributed by atoms with E-state index in [0.29, 0.717) is 12.6 Å². The summed E-state index contributed by atoms with van der Waals surface area (Å²) < 4.78 is 5.65. The number of hydrogen-bond acceptors (Lipinski definition) is 5. The van der Waals surface area contributed by atoms with Crippen LogP contribution in [0.3, 0.4) is 0 Å². The molecule has 1 aromatic rings. The zero-order valence-corrected chi connectivity index (χ0v) is 14.6. The summed E-state index contributed by atoms with van der Waals surface area (Å²) in [6, 6.07) is 6.00. The number of carbonyl (C=O) groups excluding carboxylic acids is 1. The fourth-order valence-corrected chi connectivity index (χ4v) is 3.47. The molecule has 3 heterocycles. The van der Waals surface area contributed by atoms with Crippen LogP contribution < -0.4 is 4.90 Å². The van der Waals surface area contributed by atoms with Crippen LogP contribution in [-0.2, 0) is 9.53 Å². The second-order valence-corrected chi connectivity index (χ2v) is 6.49. The first-order valence-corrected chi connectivity index (χ1v) is 9.04. The zero-order chi connectivity index (χ0) is 16.8. The van der Waals surface area contributed by atoms with E-state index in [1.807, 2.05) is 36.2 Å². The van der Waals surface area contributed by atoms with Crippen molar-refractivity contribution in [1.29, 1.82) is 0 Å². The van der Waals surface area contributed by atoms with E-state index < -0.39 is 0 Å². The number of pyridine rings is 1. The number of nitrogens with zero attached hydrogens (tertiary/aromatic N) is 4. The first-order valence-electron chi connectivity index (χ1n) is 9.04. The zero-order valence-electron chi connectivity index (χ0n) is 14.6. The van der Waals surface area contributed by atoms with E-state index in [4.69, 9.17) is 4.74 Å². The van der Waals surface area contributed by atoms with E-state index >= 15 is 0 Å². The average Bonchev–Trinajstić information content (AvgIpc) is 2.64. The van der Waals surface area contributed by atoms with Gasteiger partial charge < -0.3 is 14.5 Å². The van der Waals surface area contributed by atoms with Crippen LogP contribution in [0.15, 0.2) is 24.4 Å². The molecule has 0 spiro atoms. The number of ether oxygens (including phenoxy) is 1. The molecule has 3 rings (SSSR count). The van der Waals surface area contributed by atoms with Gasteiger partial charge in [0.05, 0.1) is 12.6 Å². The SMILES string of the molecule is CCOC1CCN(C(=O)CN2CCN(c3ccccn3)CC2)CC1. The predicted molar refractivity (Wildman–Crippen MR) is 94.1 cm³/mol. The highest BCUT2D eigenvalue weighted by Gasteiger charge is 2.25. The molecule has 0 aromatic carbocycles. The van der Waals surface area contributed by atoms with Crippen LogP contribution in [-0.4, -0.2) is 79.2 Å². The summed E-state index contributed by atoms with van der Waals surface area (Å²) in [6.07, 6.45) is 4.10. The molecular weight excluding hydrogens is 304 g/mol. The van der Waals surface area contributed by atoms with Gasteiger partial charge in [-0.25, -0.2) is 4.98 Å². The maximum absolute atomic E-state index is 12.5. The quantitative estimate of drug-likeness (QED) is 0.812. The van der Waals surface area contributed by atoms with Gasteiger partial charge in [0.15, 0.2) is 0 Å². The van der Waals surface area contributed by atoms with Crippen LogP contribution >= 0.6 is 0 Å². The van der Waals surface area contributed by atoms with Crippen LogP contribution in [0, 0.1) is 0 Å². The summed E-state index contributed by atoms with van der Waals surface area (Å²) in [4.78, 5) is 23.5. The van der Waals surface area contributed by atoms with Gasteiger partial charge >= 0.3 is 0 Å². The van der Waals surface area contributed by atoms with Crippen LogP contribution in [0.25, 0.3) is 0 Å². The highest BCUT2D eigenvalue weighted by atomic mass is 16.5. The first-order chi connectivity index (χ1) is 11.8. The van der Waals surface area contributed by atoms with E-state index in [0.717, 1.165) is 64.5 Å². The topological polar surface area (TPSA) is 48.9 Å². The standard InChI is InChI=1S/C18H28N4O2/c1-2-24-16-6-9-22(10-7-16)18(23)15-20-11-13-21(14-12-20)17-5-3-4-8-19-17/h3-5,8,16H,2,6-7,9-15H2,1H3. The molecule has 0 N–H and O–H groups in total. The second-order valence-electron chi connectivity index (χ2n) is 6.49. The van der Waals surface area contributed by atoms with Gasteiger partial charge in [0.25, 0.3) is 0 Å².